The van der Waals surface area contributed by atoms with E-state index in [-0.39, 0.29) is 11.3 Å². The molecule has 1 amide bonds. The van der Waals surface area contributed by atoms with Crippen LogP contribution < -0.4 is 19.5 Å². The van der Waals surface area contributed by atoms with Gasteiger partial charge in [0.2, 0.25) is 0 Å². The number of carbonyl (C=O) groups is 1. The molecule has 0 bridgehead atoms. The molecular weight excluding hydrogens is 457 g/mol. The van der Waals surface area contributed by atoms with E-state index in [1.54, 1.807) is 60.2 Å². The molecule has 5 rings (SSSR count). The fourth-order valence-electron chi connectivity index (χ4n) is 3.69. The molecular formula is C25H18FN3O4S. The van der Waals surface area contributed by atoms with Gasteiger partial charge in [-0.3, -0.25) is 15.1 Å². The van der Waals surface area contributed by atoms with Crippen LogP contribution in [0.25, 0.3) is 21.7 Å². The van der Waals surface area contributed by atoms with Crippen LogP contribution in [-0.4, -0.2) is 30.1 Å². The maximum Gasteiger partial charge on any atom is 0.261 e. The first-order valence-electron chi connectivity index (χ1n) is 10.2. The number of nitrogens with one attached hydrogen (secondary N) is 1. The molecule has 0 aliphatic heterocycles. The number of thiazole rings is 1. The largest absolute Gasteiger partial charge is 0.493 e. The smallest absolute Gasteiger partial charge is 0.261 e. The van der Waals surface area contributed by atoms with Crippen LogP contribution in [0.4, 0.5) is 9.52 Å². The Morgan fingerprint density at radius 1 is 0.912 bits per heavy atom. The Hall–Kier alpha value is -4.24. The highest BCUT2D eigenvalue weighted by atomic mass is 32.1. The van der Waals surface area contributed by atoms with Crippen molar-refractivity contribution < 1.29 is 23.4 Å². The molecule has 3 aromatic carbocycles. The second-order valence-corrected chi connectivity index (χ2v) is 8.11. The van der Waals surface area contributed by atoms with Crippen molar-refractivity contribution in [3.8, 4) is 23.0 Å². The second kappa shape index (κ2) is 8.95. The van der Waals surface area contributed by atoms with Gasteiger partial charge in [0.25, 0.3) is 5.91 Å². The first-order chi connectivity index (χ1) is 16.6. The van der Waals surface area contributed by atoms with Crippen LogP contribution in [0.3, 0.4) is 0 Å². The summed E-state index contributed by atoms with van der Waals surface area (Å²) in [6.07, 6.45) is 3.12. The van der Waals surface area contributed by atoms with Gasteiger partial charge in [0.15, 0.2) is 28.2 Å². The van der Waals surface area contributed by atoms with Gasteiger partial charge < -0.3 is 14.2 Å². The molecule has 0 saturated heterocycles. The first kappa shape index (κ1) is 21.6. The number of amides is 1. The maximum atomic E-state index is 15.8. The summed E-state index contributed by atoms with van der Waals surface area (Å²) in [4.78, 5) is 21.4. The molecule has 1 N–H and O–H groups in total. The lowest BCUT2D eigenvalue weighted by atomic mass is 10.0. The Balaban J connectivity index is 1.63. The number of hydrogen-bond donors (Lipinski definition) is 1. The molecule has 0 atom stereocenters. The molecule has 0 aliphatic rings. The third-order valence-electron chi connectivity index (χ3n) is 5.26. The van der Waals surface area contributed by atoms with Crippen LogP contribution in [0.2, 0.25) is 0 Å². The van der Waals surface area contributed by atoms with Crippen molar-refractivity contribution in [3.05, 3.63) is 77.7 Å². The van der Waals surface area contributed by atoms with E-state index in [2.05, 4.69) is 15.3 Å². The molecule has 0 unspecified atom stereocenters. The number of fused-ring (bicyclic) bond motifs is 2. The van der Waals surface area contributed by atoms with Crippen molar-refractivity contribution in [2.45, 2.75) is 0 Å². The van der Waals surface area contributed by atoms with Crippen LogP contribution in [0.1, 0.15) is 10.4 Å². The zero-order chi connectivity index (χ0) is 23.7. The minimum absolute atomic E-state index is 0.0923. The van der Waals surface area contributed by atoms with Crippen molar-refractivity contribution in [2.24, 2.45) is 0 Å². The molecule has 9 heteroatoms. The topological polar surface area (TPSA) is 82.6 Å². The molecule has 0 radical (unpaired) electrons. The summed E-state index contributed by atoms with van der Waals surface area (Å²) in [5.74, 6) is -0.136. The second-order valence-electron chi connectivity index (χ2n) is 7.21. The van der Waals surface area contributed by atoms with Crippen molar-refractivity contribution in [1.82, 2.24) is 9.97 Å². The highest BCUT2D eigenvalue weighted by Gasteiger charge is 2.22. The summed E-state index contributed by atoms with van der Waals surface area (Å²) >= 11 is 1.25. The van der Waals surface area contributed by atoms with Crippen LogP contribution in [0, 0.1) is 5.82 Å². The van der Waals surface area contributed by atoms with Gasteiger partial charge >= 0.3 is 0 Å². The SMILES string of the molecule is COc1cc2nccc(Oc3cc4ccccc4c(C(=O)Nc4nccs4)c3F)c2cc1OC. The number of ether oxygens (including phenoxy) is 3. The molecule has 0 fully saturated rings. The molecule has 34 heavy (non-hydrogen) atoms. The molecule has 0 aliphatic carbocycles. The van der Waals surface area contributed by atoms with Crippen LogP contribution in [0.15, 0.2) is 66.3 Å². The van der Waals surface area contributed by atoms with E-state index in [9.17, 15) is 4.79 Å². The van der Waals surface area contributed by atoms with Gasteiger partial charge in [-0.2, -0.15) is 0 Å². The summed E-state index contributed by atoms with van der Waals surface area (Å²) in [5, 5.41) is 6.47. The average molecular weight is 476 g/mol. The Bertz CT molecular complexity index is 1520. The minimum Gasteiger partial charge on any atom is -0.493 e. The van der Waals surface area contributed by atoms with E-state index < -0.39 is 11.7 Å². The summed E-state index contributed by atoms with van der Waals surface area (Å²) < 4.78 is 32.5. The molecule has 2 aromatic heterocycles. The number of aromatic nitrogens is 2. The van der Waals surface area contributed by atoms with Gasteiger partial charge in [-0.15, -0.1) is 11.3 Å². The number of nitrogens with zero attached hydrogens (tertiary/aromatic N) is 2. The van der Waals surface area contributed by atoms with Crippen molar-refractivity contribution in [1.29, 1.82) is 0 Å². The summed E-state index contributed by atoms with van der Waals surface area (Å²) in [7, 11) is 3.06. The van der Waals surface area contributed by atoms with E-state index in [1.807, 2.05) is 6.07 Å². The zero-order valence-electron chi connectivity index (χ0n) is 18.2. The molecule has 0 spiro atoms. The number of methoxy groups -OCH3 is 2. The quantitative estimate of drug-likeness (QED) is 0.322. The average Bonchev–Trinajstić information content (AvgIpc) is 3.36. The predicted molar refractivity (Wildman–Crippen MR) is 129 cm³/mol. The monoisotopic (exact) mass is 475 g/mol. The number of anilines is 1. The fourth-order valence-corrected chi connectivity index (χ4v) is 4.22. The predicted octanol–water partition coefficient (Wildman–Crippen LogP) is 6.05. The normalized spacial score (nSPS) is 10.9. The maximum absolute atomic E-state index is 15.8. The van der Waals surface area contributed by atoms with Gasteiger partial charge in [-0.25, -0.2) is 9.37 Å². The zero-order valence-corrected chi connectivity index (χ0v) is 19.0. The molecule has 0 saturated carbocycles. The molecule has 7 nitrogen and oxygen atoms in total. The number of benzene rings is 3. The highest BCUT2D eigenvalue weighted by Crippen LogP contribution is 2.39. The lowest BCUT2D eigenvalue weighted by Gasteiger charge is -2.15. The Kier molecular flexibility index (Phi) is 5.69. The van der Waals surface area contributed by atoms with E-state index in [0.29, 0.717) is 44.1 Å². The lowest BCUT2D eigenvalue weighted by Crippen LogP contribution is -2.15. The third kappa shape index (κ3) is 3.86. The van der Waals surface area contributed by atoms with E-state index in [4.69, 9.17) is 14.2 Å². The third-order valence-corrected chi connectivity index (χ3v) is 5.95. The standard InChI is InChI=1S/C25H18FN3O4S/c1-31-19-12-16-17(13-20(19)32-2)27-8-7-18(16)33-21-11-14-5-3-4-6-15(14)22(23(21)26)24(30)29-25-28-9-10-34-25/h3-13H,1-2H3,(H,28,29,30). The molecule has 2 heterocycles. The van der Waals surface area contributed by atoms with E-state index >= 15 is 4.39 Å². The van der Waals surface area contributed by atoms with E-state index in [0.717, 1.165) is 0 Å². The summed E-state index contributed by atoms with van der Waals surface area (Å²) in [6.45, 7) is 0. The molecule has 170 valence electrons. The molecule has 5 aromatic rings. The van der Waals surface area contributed by atoms with Crippen molar-refractivity contribution >= 4 is 44.1 Å². The Labute approximate surface area is 197 Å². The lowest BCUT2D eigenvalue weighted by molar-refractivity contribution is 0.102. The van der Waals surface area contributed by atoms with Gasteiger partial charge in [0, 0.05) is 29.2 Å². The number of halogens is 1. The van der Waals surface area contributed by atoms with Crippen LogP contribution in [0.5, 0.6) is 23.0 Å². The number of hydrogen-bond acceptors (Lipinski definition) is 7. The number of carbonyl (C=O) groups excluding carboxylic acids is 1. The fraction of sp³-hybridized carbons (Fsp3) is 0.0800. The highest BCUT2D eigenvalue weighted by molar-refractivity contribution is 7.13. The van der Waals surface area contributed by atoms with Crippen LogP contribution >= 0.6 is 11.3 Å². The Morgan fingerprint density at radius 3 is 2.47 bits per heavy atom. The van der Waals surface area contributed by atoms with Gasteiger partial charge in [-0.05, 0) is 29.0 Å². The summed E-state index contributed by atoms with van der Waals surface area (Å²) in [6, 6.07) is 13.7. The first-order valence-corrected chi connectivity index (χ1v) is 11.1. The van der Waals surface area contributed by atoms with Gasteiger partial charge in [0.1, 0.15) is 5.75 Å². The van der Waals surface area contributed by atoms with Gasteiger partial charge in [-0.1, -0.05) is 24.3 Å². The minimum atomic E-state index is -0.779. The van der Waals surface area contributed by atoms with Crippen molar-refractivity contribution in [3.63, 3.8) is 0 Å². The van der Waals surface area contributed by atoms with Gasteiger partial charge in [0.05, 0.1) is 25.3 Å². The Morgan fingerprint density at radius 2 is 1.71 bits per heavy atom. The van der Waals surface area contributed by atoms with E-state index in [1.165, 1.54) is 25.6 Å². The van der Waals surface area contributed by atoms with Crippen molar-refractivity contribution in [2.75, 3.05) is 19.5 Å². The number of pyridine rings is 1. The summed E-state index contributed by atoms with van der Waals surface area (Å²) in [5.41, 5.74) is 0.457. The number of rotatable bonds is 6. The van der Waals surface area contributed by atoms with Crippen LogP contribution in [-0.2, 0) is 0 Å².